The fraction of sp³-hybridized carbons (Fsp3) is 0.857. The van der Waals surface area contributed by atoms with Crippen LogP contribution in [0, 0.1) is 39.9 Å². The van der Waals surface area contributed by atoms with E-state index in [1.165, 1.54) is 25.7 Å². The van der Waals surface area contributed by atoms with Crippen LogP contribution in [0.3, 0.4) is 0 Å². The molecule has 3 fully saturated rings. The van der Waals surface area contributed by atoms with Crippen LogP contribution >= 0.6 is 0 Å². The number of hydrogen-bond donors (Lipinski definition) is 1. The third-order valence-electron chi connectivity index (χ3n) is 9.96. The number of fused-ring (bicyclic) bond motifs is 5. The molecule has 2 unspecified atom stereocenters. The summed E-state index contributed by atoms with van der Waals surface area (Å²) in [5.41, 5.74) is 0.577. The molecular weight excluding hydrogens is 396 g/mol. The van der Waals surface area contributed by atoms with Gasteiger partial charge in [-0.15, -0.1) is 0 Å². The van der Waals surface area contributed by atoms with Crippen molar-refractivity contribution in [1.29, 1.82) is 0 Å². The lowest BCUT2D eigenvalue weighted by atomic mass is 9.48. The molecule has 2 amide bonds. The van der Waals surface area contributed by atoms with Gasteiger partial charge in [0.1, 0.15) is 0 Å². The van der Waals surface area contributed by atoms with E-state index in [2.05, 4.69) is 52.9 Å². The summed E-state index contributed by atoms with van der Waals surface area (Å²) in [5, 5.41) is 3.50. The average molecular weight is 443 g/mol. The van der Waals surface area contributed by atoms with Crippen molar-refractivity contribution in [1.82, 2.24) is 10.2 Å². The minimum absolute atomic E-state index is 0.0939. The second kappa shape index (κ2) is 8.17. The van der Waals surface area contributed by atoms with Crippen molar-refractivity contribution in [2.24, 2.45) is 39.9 Å². The first-order valence-corrected chi connectivity index (χ1v) is 13.1. The number of carbonyl (C=O) groups excluding carboxylic acids is 2. The molecule has 32 heavy (non-hydrogen) atoms. The standard InChI is InChI=1S/C28H46N2O2/c1-18(17-26(2,3)4)16-24(31)29-22-10-9-20-19-8-11-23-28(6,15-13-25(32)30(23)7)21(19)12-14-27(20,22)5/h13,15,18-23H,8-12,14,16-17H2,1-7H3,(H,29,31)/t18?,19-,20-,21-,22?,23+,27-,28+/m0/s1. The van der Waals surface area contributed by atoms with Gasteiger partial charge in [-0.3, -0.25) is 9.59 Å². The Labute approximate surface area is 196 Å². The van der Waals surface area contributed by atoms with Gasteiger partial charge in [0.25, 0.3) is 0 Å². The molecule has 1 aliphatic heterocycles. The van der Waals surface area contributed by atoms with Crippen molar-refractivity contribution in [3.05, 3.63) is 12.2 Å². The van der Waals surface area contributed by atoms with E-state index in [9.17, 15) is 9.59 Å². The lowest BCUT2D eigenvalue weighted by Crippen LogP contribution is -2.60. The molecule has 4 rings (SSSR count). The molecule has 0 aromatic heterocycles. The van der Waals surface area contributed by atoms with Crippen LogP contribution in [0.1, 0.15) is 92.9 Å². The summed E-state index contributed by atoms with van der Waals surface area (Å²) in [6, 6.07) is 0.659. The van der Waals surface area contributed by atoms with Gasteiger partial charge in [-0.05, 0) is 85.5 Å². The number of amides is 2. The topological polar surface area (TPSA) is 49.4 Å². The van der Waals surface area contributed by atoms with E-state index in [-0.39, 0.29) is 28.1 Å². The van der Waals surface area contributed by atoms with E-state index in [1.807, 2.05) is 18.0 Å². The van der Waals surface area contributed by atoms with E-state index in [4.69, 9.17) is 0 Å². The summed E-state index contributed by atoms with van der Waals surface area (Å²) in [7, 11) is 1.99. The van der Waals surface area contributed by atoms with Crippen LogP contribution in [0.25, 0.3) is 0 Å². The van der Waals surface area contributed by atoms with E-state index in [0.29, 0.717) is 42.2 Å². The zero-order valence-electron chi connectivity index (χ0n) is 21.5. The van der Waals surface area contributed by atoms with Crippen LogP contribution in [0.4, 0.5) is 0 Å². The molecule has 1 N–H and O–H groups in total. The Hall–Kier alpha value is -1.32. The third kappa shape index (κ3) is 4.05. The predicted molar refractivity (Wildman–Crippen MR) is 130 cm³/mol. The Morgan fingerprint density at radius 2 is 1.88 bits per heavy atom. The lowest BCUT2D eigenvalue weighted by molar-refractivity contribution is -0.138. The smallest absolute Gasteiger partial charge is 0.246 e. The van der Waals surface area contributed by atoms with E-state index in [1.54, 1.807) is 0 Å². The molecule has 0 radical (unpaired) electrons. The van der Waals surface area contributed by atoms with Crippen LogP contribution in [0.5, 0.6) is 0 Å². The first kappa shape index (κ1) is 23.8. The highest BCUT2D eigenvalue weighted by Crippen LogP contribution is 2.63. The normalized spacial score (nSPS) is 42.2. The molecule has 4 nitrogen and oxygen atoms in total. The number of nitrogens with one attached hydrogen (secondary N) is 1. The molecule has 0 aromatic carbocycles. The summed E-state index contributed by atoms with van der Waals surface area (Å²) < 4.78 is 0. The highest BCUT2D eigenvalue weighted by molar-refractivity contribution is 5.89. The Balaban J connectivity index is 1.45. The minimum Gasteiger partial charge on any atom is -0.353 e. The Kier molecular flexibility index (Phi) is 6.08. The Bertz CT molecular complexity index is 783. The summed E-state index contributed by atoms with van der Waals surface area (Å²) >= 11 is 0. The lowest BCUT2D eigenvalue weighted by Gasteiger charge is -2.60. The Morgan fingerprint density at radius 1 is 1.16 bits per heavy atom. The number of likely N-dealkylation sites (N-methyl/N-ethyl adjacent to an activating group) is 1. The van der Waals surface area contributed by atoms with Gasteiger partial charge < -0.3 is 10.2 Å². The zero-order chi connectivity index (χ0) is 23.5. The highest BCUT2D eigenvalue weighted by atomic mass is 16.2. The maximum Gasteiger partial charge on any atom is 0.246 e. The second-order valence-electron chi connectivity index (χ2n) is 13.4. The van der Waals surface area contributed by atoms with Crippen molar-refractivity contribution >= 4 is 11.8 Å². The van der Waals surface area contributed by atoms with Crippen LogP contribution in [-0.4, -0.2) is 35.8 Å². The fourth-order valence-electron chi connectivity index (χ4n) is 8.66. The van der Waals surface area contributed by atoms with Crippen LogP contribution in [-0.2, 0) is 9.59 Å². The molecule has 0 bridgehead atoms. The summed E-state index contributed by atoms with van der Waals surface area (Å²) in [4.78, 5) is 27.2. The maximum atomic E-state index is 12.9. The third-order valence-corrected chi connectivity index (χ3v) is 9.96. The average Bonchev–Trinajstić information content (AvgIpc) is 3.00. The van der Waals surface area contributed by atoms with Gasteiger partial charge in [0.2, 0.25) is 11.8 Å². The van der Waals surface area contributed by atoms with Crippen molar-refractivity contribution in [2.75, 3.05) is 7.05 Å². The van der Waals surface area contributed by atoms with E-state index < -0.39 is 0 Å². The summed E-state index contributed by atoms with van der Waals surface area (Å²) in [6.07, 6.45) is 12.9. The monoisotopic (exact) mass is 442 g/mol. The number of nitrogens with zero attached hydrogens (tertiary/aromatic N) is 1. The molecule has 0 spiro atoms. The molecule has 0 aromatic rings. The van der Waals surface area contributed by atoms with E-state index in [0.717, 1.165) is 19.3 Å². The summed E-state index contributed by atoms with van der Waals surface area (Å²) in [6.45, 7) is 13.9. The van der Waals surface area contributed by atoms with Crippen molar-refractivity contribution < 1.29 is 9.59 Å². The zero-order valence-corrected chi connectivity index (χ0v) is 21.5. The van der Waals surface area contributed by atoms with Gasteiger partial charge in [-0.1, -0.05) is 47.6 Å². The van der Waals surface area contributed by atoms with Crippen molar-refractivity contribution in [2.45, 2.75) is 105 Å². The maximum absolute atomic E-state index is 12.9. The van der Waals surface area contributed by atoms with Crippen LogP contribution in [0.2, 0.25) is 0 Å². The quantitative estimate of drug-likeness (QED) is 0.618. The van der Waals surface area contributed by atoms with E-state index >= 15 is 0 Å². The summed E-state index contributed by atoms with van der Waals surface area (Å²) in [5.74, 6) is 2.88. The molecule has 0 saturated heterocycles. The van der Waals surface area contributed by atoms with Crippen LogP contribution in [0.15, 0.2) is 12.2 Å². The van der Waals surface area contributed by atoms with Gasteiger partial charge in [0.15, 0.2) is 0 Å². The molecular formula is C28H46N2O2. The van der Waals surface area contributed by atoms with Crippen molar-refractivity contribution in [3.8, 4) is 0 Å². The second-order valence-corrected chi connectivity index (χ2v) is 13.4. The van der Waals surface area contributed by atoms with Gasteiger partial charge in [0.05, 0.1) is 0 Å². The molecule has 4 aliphatic rings. The molecule has 3 saturated carbocycles. The number of hydrogen-bond acceptors (Lipinski definition) is 2. The first-order valence-electron chi connectivity index (χ1n) is 13.1. The fourth-order valence-corrected chi connectivity index (χ4v) is 8.66. The number of rotatable bonds is 4. The predicted octanol–water partition coefficient (Wildman–Crippen LogP) is 5.57. The molecule has 1 heterocycles. The molecule has 8 atom stereocenters. The van der Waals surface area contributed by atoms with Crippen molar-refractivity contribution in [3.63, 3.8) is 0 Å². The molecule has 4 heteroatoms. The van der Waals surface area contributed by atoms with Gasteiger partial charge in [0, 0.05) is 31.0 Å². The highest BCUT2D eigenvalue weighted by Gasteiger charge is 2.60. The first-order chi connectivity index (χ1) is 14.8. The van der Waals surface area contributed by atoms with Gasteiger partial charge in [-0.2, -0.15) is 0 Å². The Morgan fingerprint density at radius 3 is 2.56 bits per heavy atom. The largest absolute Gasteiger partial charge is 0.353 e. The number of carbonyl (C=O) groups is 2. The SMILES string of the molecule is CC(CC(=O)NC1CC[C@H]2[C@@H]3CC[C@H]4N(C)C(=O)C=C[C@]4(C)[C@H]3CC[C@]12C)CC(C)(C)C. The van der Waals surface area contributed by atoms with Gasteiger partial charge >= 0.3 is 0 Å². The minimum atomic E-state index is 0.0939. The van der Waals surface area contributed by atoms with Crippen LogP contribution < -0.4 is 5.32 Å². The molecule has 180 valence electrons. The molecule has 3 aliphatic carbocycles. The van der Waals surface area contributed by atoms with Gasteiger partial charge in [-0.25, -0.2) is 0 Å².